The van der Waals surface area contributed by atoms with Crippen molar-refractivity contribution in [3.8, 4) is 23.0 Å². The summed E-state index contributed by atoms with van der Waals surface area (Å²) >= 11 is 1.42. The van der Waals surface area contributed by atoms with Crippen LogP contribution in [0.25, 0.3) is 17.5 Å². The molecule has 4 aromatic rings. The van der Waals surface area contributed by atoms with Gasteiger partial charge in [0.2, 0.25) is 5.89 Å². The normalized spacial score (nSPS) is 14.3. The number of thioether (sulfide) groups is 1. The van der Waals surface area contributed by atoms with Crippen molar-refractivity contribution >= 4 is 34.6 Å². The molecule has 1 aromatic heterocycles. The van der Waals surface area contributed by atoms with Crippen molar-refractivity contribution in [2.75, 3.05) is 19.1 Å². The monoisotopic (exact) mass is 497 g/mol. The Balaban J connectivity index is 1.43. The fourth-order valence-electron chi connectivity index (χ4n) is 3.65. The van der Waals surface area contributed by atoms with Crippen LogP contribution in [0.1, 0.15) is 11.3 Å². The van der Waals surface area contributed by atoms with Gasteiger partial charge < -0.3 is 13.9 Å². The van der Waals surface area contributed by atoms with Gasteiger partial charge in [-0.25, -0.2) is 9.98 Å². The molecule has 5 rings (SSSR count). The van der Waals surface area contributed by atoms with E-state index in [1.807, 2.05) is 78.9 Å². The number of hydrogen-bond donors (Lipinski definition) is 0. The molecule has 0 atom stereocenters. The second-order valence-electron chi connectivity index (χ2n) is 7.84. The lowest BCUT2D eigenvalue weighted by Crippen LogP contribution is -2.30. The number of benzene rings is 3. The number of carbonyl (C=O) groups is 1. The average molecular weight is 498 g/mol. The molecule has 0 bridgehead atoms. The number of carbonyl (C=O) groups excluding carboxylic acids is 1. The van der Waals surface area contributed by atoms with E-state index in [1.165, 1.54) is 11.8 Å². The third-order valence-corrected chi connectivity index (χ3v) is 6.45. The van der Waals surface area contributed by atoms with Crippen molar-refractivity contribution in [1.82, 2.24) is 4.98 Å². The van der Waals surface area contributed by atoms with Gasteiger partial charge in [0, 0.05) is 17.4 Å². The first-order valence-corrected chi connectivity index (χ1v) is 12.2. The Kier molecular flexibility index (Phi) is 6.86. The number of methoxy groups -OCH3 is 2. The summed E-state index contributed by atoms with van der Waals surface area (Å²) in [7, 11) is 3.21. The van der Waals surface area contributed by atoms with E-state index < -0.39 is 0 Å². The van der Waals surface area contributed by atoms with Gasteiger partial charge in [-0.15, -0.1) is 0 Å². The fourth-order valence-corrected chi connectivity index (χ4v) is 4.54. The molecule has 0 N–H and O–H groups in total. The number of aliphatic imine (C=N–C) groups is 1. The standard InChI is InChI=1S/C28H23N3O4S/c1-33-23-13-11-19(12-14-23)15-25-27(32)31(22-9-6-10-24(16-22)34-2)28(30-25)36-18-21-17-35-26(29-21)20-7-4-3-5-8-20/h3-17H,18H2,1-2H3/b25-15-. The maximum Gasteiger partial charge on any atom is 0.283 e. The molecule has 8 heteroatoms. The molecule has 36 heavy (non-hydrogen) atoms. The number of oxazole rings is 1. The molecule has 180 valence electrons. The highest BCUT2D eigenvalue weighted by atomic mass is 32.2. The van der Waals surface area contributed by atoms with Gasteiger partial charge in [0.1, 0.15) is 23.5 Å². The Labute approximate surface area is 213 Å². The van der Waals surface area contributed by atoms with Gasteiger partial charge in [-0.2, -0.15) is 0 Å². The molecular formula is C28H23N3O4S. The van der Waals surface area contributed by atoms with Crippen molar-refractivity contribution in [1.29, 1.82) is 0 Å². The predicted molar refractivity (Wildman–Crippen MR) is 142 cm³/mol. The Hall–Kier alpha value is -4.30. The van der Waals surface area contributed by atoms with Crippen LogP contribution in [0.3, 0.4) is 0 Å². The van der Waals surface area contributed by atoms with Gasteiger partial charge in [-0.1, -0.05) is 48.2 Å². The summed E-state index contributed by atoms with van der Waals surface area (Å²) in [6.07, 6.45) is 3.41. The minimum atomic E-state index is -0.216. The van der Waals surface area contributed by atoms with Crippen molar-refractivity contribution in [2.45, 2.75) is 5.75 Å². The second-order valence-corrected chi connectivity index (χ2v) is 8.78. The molecule has 0 saturated carbocycles. The fraction of sp³-hybridized carbons (Fsp3) is 0.107. The van der Waals surface area contributed by atoms with Gasteiger partial charge in [-0.05, 0) is 48.0 Å². The number of anilines is 1. The van der Waals surface area contributed by atoms with Crippen LogP contribution < -0.4 is 14.4 Å². The highest BCUT2D eigenvalue weighted by Crippen LogP contribution is 2.33. The molecule has 0 aliphatic carbocycles. The molecular weight excluding hydrogens is 474 g/mol. The Morgan fingerprint density at radius 2 is 1.72 bits per heavy atom. The van der Waals surface area contributed by atoms with Gasteiger partial charge in [0.15, 0.2) is 5.17 Å². The van der Waals surface area contributed by atoms with Crippen LogP contribution in [0.2, 0.25) is 0 Å². The highest BCUT2D eigenvalue weighted by molar-refractivity contribution is 8.13. The summed E-state index contributed by atoms with van der Waals surface area (Å²) < 4.78 is 16.3. The molecule has 0 saturated heterocycles. The van der Waals surface area contributed by atoms with Gasteiger partial charge in [-0.3, -0.25) is 9.69 Å². The third kappa shape index (κ3) is 5.04. The van der Waals surface area contributed by atoms with Gasteiger partial charge in [0.05, 0.1) is 25.6 Å². The average Bonchev–Trinajstić information content (AvgIpc) is 3.53. The van der Waals surface area contributed by atoms with Crippen LogP contribution in [-0.2, 0) is 10.5 Å². The van der Waals surface area contributed by atoms with E-state index in [2.05, 4.69) is 9.98 Å². The molecule has 0 fully saturated rings. The van der Waals surface area contributed by atoms with Crippen LogP contribution >= 0.6 is 11.8 Å². The summed E-state index contributed by atoms with van der Waals surface area (Å²) in [6.45, 7) is 0. The first-order valence-electron chi connectivity index (χ1n) is 11.2. The zero-order chi connectivity index (χ0) is 24.9. The Morgan fingerprint density at radius 3 is 2.47 bits per heavy atom. The van der Waals surface area contributed by atoms with E-state index in [0.717, 1.165) is 22.6 Å². The van der Waals surface area contributed by atoms with Crippen LogP contribution in [0, 0.1) is 0 Å². The number of hydrogen-bond acceptors (Lipinski definition) is 7. The summed E-state index contributed by atoms with van der Waals surface area (Å²) in [4.78, 5) is 24.4. The predicted octanol–water partition coefficient (Wildman–Crippen LogP) is 6.04. The minimum absolute atomic E-state index is 0.216. The van der Waals surface area contributed by atoms with E-state index in [9.17, 15) is 4.79 Å². The van der Waals surface area contributed by atoms with Crippen LogP contribution in [0.4, 0.5) is 5.69 Å². The zero-order valence-electron chi connectivity index (χ0n) is 19.8. The first kappa shape index (κ1) is 23.4. The molecule has 1 amide bonds. The number of ether oxygens (including phenoxy) is 2. The maximum absolute atomic E-state index is 13.5. The summed E-state index contributed by atoms with van der Waals surface area (Å²) in [5.41, 5.74) is 3.53. The van der Waals surface area contributed by atoms with Gasteiger partial charge in [0.25, 0.3) is 5.91 Å². The summed E-state index contributed by atoms with van der Waals surface area (Å²) in [5, 5.41) is 0.553. The lowest BCUT2D eigenvalue weighted by Gasteiger charge is -2.18. The molecule has 7 nitrogen and oxygen atoms in total. The van der Waals surface area contributed by atoms with E-state index in [1.54, 1.807) is 31.5 Å². The SMILES string of the molecule is COc1ccc(/C=C2\N=C(SCc3coc(-c4ccccc4)n3)N(c3cccc(OC)c3)C2=O)cc1. The topological polar surface area (TPSA) is 77.2 Å². The molecule has 2 heterocycles. The van der Waals surface area contributed by atoms with Crippen molar-refractivity contribution in [3.63, 3.8) is 0 Å². The third-order valence-electron chi connectivity index (χ3n) is 5.48. The Morgan fingerprint density at radius 1 is 0.944 bits per heavy atom. The van der Waals surface area contributed by atoms with Crippen molar-refractivity contribution < 1.29 is 18.7 Å². The summed E-state index contributed by atoms with van der Waals surface area (Å²) in [5.74, 6) is 2.22. The van der Waals surface area contributed by atoms with E-state index >= 15 is 0 Å². The second kappa shape index (κ2) is 10.5. The maximum atomic E-state index is 13.5. The molecule has 0 unspecified atom stereocenters. The molecule has 3 aromatic carbocycles. The van der Waals surface area contributed by atoms with Crippen molar-refractivity contribution in [3.05, 3.63) is 102 Å². The van der Waals surface area contributed by atoms with Crippen LogP contribution in [-0.4, -0.2) is 30.3 Å². The van der Waals surface area contributed by atoms with Crippen LogP contribution in [0.15, 0.2) is 100 Å². The first-order chi connectivity index (χ1) is 17.6. The van der Waals surface area contributed by atoms with Gasteiger partial charge >= 0.3 is 0 Å². The number of amidine groups is 1. The lowest BCUT2D eigenvalue weighted by atomic mass is 10.2. The largest absolute Gasteiger partial charge is 0.497 e. The quantitative estimate of drug-likeness (QED) is 0.290. The number of rotatable bonds is 7. The Bertz CT molecular complexity index is 1430. The minimum Gasteiger partial charge on any atom is -0.497 e. The molecule has 1 aliphatic rings. The molecule has 1 aliphatic heterocycles. The van der Waals surface area contributed by atoms with Crippen molar-refractivity contribution in [2.24, 2.45) is 4.99 Å². The van der Waals surface area contributed by atoms with E-state index in [4.69, 9.17) is 13.9 Å². The molecule has 0 spiro atoms. The molecule has 0 radical (unpaired) electrons. The number of amides is 1. The summed E-state index contributed by atoms with van der Waals surface area (Å²) in [6, 6.07) is 24.5. The van der Waals surface area contributed by atoms with Crippen LogP contribution in [0.5, 0.6) is 11.5 Å². The zero-order valence-corrected chi connectivity index (χ0v) is 20.6. The lowest BCUT2D eigenvalue weighted by molar-refractivity contribution is -0.113. The number of aromatic nitrogens is 1. The van der Waals surface area contributed by atoms with E-state index in [0.29, 0.717) is 33.9 Å². The highest BCUT2D eigenvalue weighted by Gasteiger charge is 2.32. The smallest absolute Gasteiger partial charge is 0.283 e. The van der Waals surface area contributed by atoms with E-state index in [-0.39, 0.29) is 5.91 Å². The number of nitrogens with zero attached hydrogens (tertiary/aromatic N) is 3.